The van der Waals surface area contributed by atoms with E-state index >= 15 is 0 Å². The zero-order chi connectivity index (χ0) is 40.7. The number of esters is 2. The number of unbranched alkanes of at least 4 members (excludes halogenated alkanes) is 16. The lowest BCUT2D eigenvalue weighted by Crippen LogP contribution is -2.30. The van der Waals surface area contributed by atoms with Crippen molar-refractivity contribution in [3.8, 4) is 0 Å². The van der Waals surface area contributed by atoms with E-state index < -0.39 is 6.10 Å². The number of allylic oxidation sites excluding steroid dienone is 14. The van der Waals surface area contributed by atoms with Crippen LogP contribution in [0.1, 0.15) is 201 Å². The van der Waals surface area contributed by atoms with Gasteiger partial charge >= 0.3 is 11.9 Å². The summed E-state index contributed by atoms with van der Waals surface area (Å²) in [5, 5.41) is 0. The Morgan fingerprint density at radius 1 is 0.411 bits per heavy atom. The van der Waals surface area contributed by atoms with E-state index in [9.17, 15) is 9.59 Å². The number of rotatable bonds is 41. The van der Waals surface area contributed by atoms with Crippen LogP contribution in [0, 0.1) is 0 Å². The smallest absolute Gasteiger partial charge is 0.306 e. The van der Waals surface area contributed by atoms with Gasteiger partial charge < -0.3 is 14.2 Å². The SMILES string of the molecule is CC/C=C\C/C=C\C/C=C\C/C=C\CCCCCOCC(COC(=O)CCCCC/C=C\C/C=C\C/C=C\CC)OC(=O)CCCCCCCCCCCCC. The molecule has 320 valence electrons. The lowest BCUT2D eigenvalue weighted by molar-refractivity contribution is -0.163. The van der Waals surface area contributed by atoms with Crippen LogP contribution in [0.5, 0.6) is 0 Å². The van der Waals surface area contributed by atoms with E-state index in [-0.39, 0.29) is 25.2 Å². The van der Waals surface area contributed by atoms with Gasteiger partial charge in [-0.1, -0.05) is 183 Å². The van der Waals surface area contributed by atoms with Crippen molar-refractivity contribution < 1.29 is 23.8 Å². The van der Waals surface area contributed by atoms with Gasteiger partial charge in [-0.25, -0.2) is 0 Å². The molecule has 0 spiro atoms. The average Bonchev–Trinajstić information content (AvgIpc) is 3.20. The molecule has 0 N–H and O–H groups in total. The van der Waals surface area contributed by atoms with Crippen LogP contribution in [0.4, 0.5) is 0 Å². The predicted molar refractivity (Wildman–Crippen MR) is 242 cm³/mol. The third kappa shape index (κ3) is 43.8. The van der Waals surface area contributed by atoms with Gasteiger partial charge in [-0.15, -0.1) is 0 Å². The molecule has 0 heterocycles. The summed E-state index contributed by atoms with van der Waals surface area (Å²) < 4.78 is 17.3. The molecule has 0 fully saturated rings. The van der Waals surface area contributed by atoms with Gasteiger partial charge in [0.1, 0.15) is 6.61 Å². The van der Waals surface area contributed by atoms with E-state index in [1.165, 1.54) is 57.8 Å². The van der Waals surface area contributed by atoms with Crippen molar-refractivity contribution in [2.45, 2.75) is 207 Å². The van der Waals surface area contributed by atoms with Crippen molar-refractivity contribution >= 4 is 11.9 Å². The first-order valence-corrected chi connectivity index (χ1v) is 23.1. The van der Waals surface area contributed by atoms with Gasteiger partial charge in [-0.3, -0.25) is 9.59 Å². The molecule has 0 saturated carbocycles. The molecule has 0 aromatic rings. The summed E-state index contributed by atoms with van der Waals surface area (Å²) >= 11 is 0. The minimum absolute atomic E-state index is 0.0547. The minimum atomic E-state index is -0.564. The molecule has 0 aliphatic heterocycles. The Labute approximate surface area is 346 Å². The molecule has 0 bridgehead atoms. The van der Waals surface area contributed by atoms with Gasteiger partial charge in [0.2, 0.25) is 0 Å². The van der Waals surface area contributed by atoms with Gasteiger partial charge in [0.25, 0.3) is 0 Å². The van der Waals surface area contributed by atoms with Crippen molar-refractivity contribution in [2.24, 2.45) is 0 Å². The highest BCUT2D eigenvalue weighted by molar-refractivity contribution is 5.70. The minimum Gasteiger partial charge on any atom is -0.462 e. The standard InChI is InChI=1S/C51H86O5/c1-4-7-10-13-16-19-22-24-25-26-28-31-34-37-40-43-46-54-47-49(56-51(53)45-42-39-36-33-29-21-18-15-12-9-6-3)48-55-50(52)44-41-38-35-32-30-27-23-20-17-14-11-8-5-2/h7-8,10-11,16-17,19-20,24-25,27-28,30-31,49H,4-6,9,12-15,18,21-23,26,29,32-48H2,1-3H3/b10-7-,11-8-,19-16-,20-17-,25-24-,30-27-,31-28-. The zero-order valence-electron chi connectivity index (χ0n) is 36.6. The molecule has 0 aromatic carbocycles. The maximum atomic E-state index is 12.7. The second kappa shape index (κ2) is 46.5. The zero-order valence-corrected chi connectivity index (χ0v) is 36.6. The summed E-state index contributed by atoms with van der Waals surface area (Å²) in [4.78, 5) is 25.2. The first-order valence-electron chi connectivity index (χ1n) is 23.1. The fraction of sp³-hybridized carbons (Fsp3) is 0.686. The Morgan fingerprint density at radius 3 is 1.29 bits per heavy atom. The fourth-order valence-corrected chi connectivity index (χ4v) is 6.04. The van der Waals surface area contributed by atoms with Crippen LogP contribution < -0.4 is 0 Å². The van der Waals surface area contributed by atoms with Gasteiger partial charge in [-0.05, 0) is 89.9 Å². The molecule has 0 aliphatic rings. The van der Waals surface area contributed by atoms with Gasteiger partial charge in [0.05, 0.1) is 6.61 Å². The number of hydrogen-bond acceptors (Lipinski definition) is 5. The summed E-state index contributed by atoms with van der Waals surface area (Å²) in [6.07, 6.45) is 60.1. The lowest BCUT2D eigenvalue weighted by Gasteiger charge is -2.18. The highest BCUT2D eigenvalue weighted by atomic mass is 16.6. The number of carbonyl (C=O) groups is 2. The average molecular weight is 779 g/mol. The molecular formula is C51H86O5. The lowest BCUT2D eigenvalue weighted by atomic mass is 10.1. The summed E-state index contributed by atoms with van der Waals surface area (Å²) in [6, 6.07) is 0. The van der Waals surface area contributed by atoms with E-state index in [2.05, 4.69) is 106 Å². The van der Waals surface area contributed by atoms with E-state index in [1.54, 1.807) is 0 Å². The van der Waals surface area contributed by atoms with Crippen LogP contribution in [-0.4, -0.2) is 37.9 Å². The van der Waals surface area contributed by atoms with Crippen molar-refractivity contribution in [1.29, 1.82) is 0 Å². The Balaban J connectivity index is 4.37. The summed E-state index contributed by atoms with van der Waals surface area (Å²) in [6.45, 7) is 7.48. The summed E-state index contributed by atoms with van der Waals surface area (Å²) in [7, 11) is 0. The first-order chi connectivity index (χ1) is 27.6. The molecule has 56 heavy (non-hydrogen) atoms. The summed E-state index contributed by atoms with van der Waals surface area (Å²) in [5.41, 5.74) is 0. The molecule has 5 nitrogen and oxygen atoms in total. The topological polar surface area (TPSA) is 61.8 Å². The first kappa shape index (κ1) is 53.1. The highest BCUT2D eigenvalue weighted by Gasteiger charge is 2.17. The number of hydrogen-bond donors (Lipinski definition) is 0. The normalized spacial score (nSPS) is 13.0. The second-order valence-corrected chi connectivity index (χ2v) is 14.9. The Kier molecular flexibility index (Phi) is 44.0. The van der Waals surface area contributed by atoms with E-state index in [0.717, 1.165) is 109 Å². The van der Waals surface area contributed by atoms with Crippen molar-refractivity contribution in [3.05, 3.63) is 85.1 Å². The van der Waals surface area contributed by atoms with E-state index in [0.29, 0.717) is 19.4 Å². The molecule has 1 unspecified atom stereocenters. The van der Waals surface area contributed by atoms with Crippen LogP contribution in [0.15, 0.2) is 85.1 Å². The predicted octanol–water partition coefficient (Wildman–Crippen LogP) is 15.3. The van der Waals surface area contributed by atoms with Crippen LogP contribution in [0.25, 0.3) is 0 Å². The van der Waals surface area contributed by atoms with Crippen LogP contribution in [0.3, 0.4) is 0 Å². The third-order valence-corrected chi connectivity index (χ3v) is 9.43. The van der Waals surface area contributed by atoms with Crippen molar-refractivity contribution in [2.75, 3.05) is 19.8 Å². The molecule has 5 heteroatoms. The molecule has 0 rings (SSSR count). The summed E-state index contributed by atoms with van der Waals surface area (Å²) in [5.74, 6) is -0.453. The Morgan fingerprint density at radius 2 is 0.804 bits per heavy atom. The van der Waals surface area contributed by atoms with Crippen LogP contribution in [-0.2, 0) is 23.8 Å². The molecule has 0 amide bonds. The van der Waals surface area contributed by atoms with Crippen LogP contribution >= 0.6 is 0 Å². The van der Waals surface area contributed by atoms with E-state index in [4.69, 9.17) is 14.2 Å². The highest BCUT2D eigenvalue weighted by Crippen LogP contribution is 2.13. The van der Waals surface area contributed by atoms with Gasteiger partial charge in [-0.2, -0.15) is 0 Å². The molecular weight excluding hydrogens is 693 g/mol. The molecule has 0 aromatic heterocycles. The molecule has 0 saturated heterocycles. The fourth-order valence-electron chi connectivity index (χ4n) is 6.04. The van der Waals surface area contributed by atoms with E-state index in [1.807, 2.05) is 0 Å². The van der Waals surface area contributed by atoms with Gasteiger partial charge in [0.15, 0.2) is 6.10 Å². The maximum Gasteiger partial charge on any atom is 0.306 e. The van der Waals surface area contributed by atoms with Crippen LogP contribution in [0.2, 0.25) is 0 Å². The Hall–Kier alpha value is -2.92. The second-order valence-electron chi connectivity index (χ2n) is 14.9. The maximum absolute atomic E-state index is 12.7. The molecule has 1 atom stereocenters. The van der Waals surface area contributed by atoms with Gasteiger partial charge in [0, 0.05) is 19.4 Å². The number of carbonyl (C=O) groups excluding carboxylic acids is 2. The Bertz CT molecular complexity index is 1060. The monoisotopic (exact) mass is 779 g/mol. The largest absolute Gasteiger partial charge is 0.462 e. The quantitative estimate of drug-likeness (QED) is 0.0351. The van der Waals surface area contributed by atoms with Crippen molar-refractivity contribution in [3.63, 3.8) is 0 Å². The van der Waals surface area contributed by atoms with Crippen molar-refractivity contribution in [1.82, 2.24) is 0 Å². The molecule has 0 aliphatic carbocycles. The third-order valence-electron chi connectivity index (χ3n) is 9.43. The molecule has 0 radical (unpaired) electrons. The number of ether oxygens (including phenoxy) is 3.